The molecule has 0 radical (unpaired) electrons. The van der Waals surface area contributed by atoms with Crippen molar-refractivity contribution in [2.75, 3.05) is 38.7 Å². The van der Waals surface area contributed by atoms with Crippen molar-refractivity contribution in [1.82, 2.24) is 4.31 Å². The average molecular weight is 465 g/mol. The lowest BCUT2D eigenvalue weighted by Gasteiger charge is -2.20. The summed E-state index contributed by atoms with van der Waals surface area (Å²) in [6.07, 6.45) is 0. The minimum absolute atomic E-state index is 0.0510. The predicted octanol–water partition coefficient (Wildman–Crippen LogP) is 2.92. The molecule has 0 fully saturated rings. The lowest BCUT2D eigenvalue weighted by atomic mass is 10.2. The number of benzene rings is 2. The lowest BCUT2D eigenvalue weighted by molar-refractivity contribution is -0.142. The van der Waals surface area contributed by atoms with E-state index < -0.39 is 21.9 Å². The first-order chi connectivity index (χ1) is 15.3. The van der Waals surface area contributed by atoms with Gasteiger partial charge in [-0.3, -0.25) is 4.79 Å². The van der Waals surface area contributed by atoms with Crippen LogP contribution in [0.1, 0.15) is 31.1 Å². The van der Waals surface area contributed by atoms with E-state index in [1.54, 1.807) is 39.0 Å². The van der Waals surface area contributed by atoms with Gasteiger partial charge in [0.1, 0.15) is 11.5 Å². The number of hydrogen-bond acceptors (Lipinski definition) is 7. The van der Waals surface area contributed by atoms with Gasteiger partial charge in [-0.1, -0.05) is 19.9 Å². The topological polar surface area (TPSA) is 111 Å². The third-order valence-corrected chi connectivity index (χ3v) is 6.57. The fraction of sp³-hybridized carbons (Fsp3) is 0.364. The molecule has 0 saturated carbocycles. The third-order valence-electron chi connectivity index (χ3n) is 4.52. The fourth-order valence-electron chi connectivity index (χ4n) is 2.88. The lowest BCUT2D eigenvalue weighted by Crippen LogP contribution is -2.30. The number of anilines is 1. The van der Waals surface area contributed by atoms with Crippen molar-refractivity contribution in [1.29, 1.82) is 0 Å². The number of sulfonamides is 1. The Labute approximate surface area is 188 Å². The van der Waals surface area contributed by atoms with Gasteiger partial charge in [-0.05, 0) is 43.3 Å². The maximum atomic E-state index is 12.9. The van der Waals surface area contributed by atoms with Crippen molar-refractivity contribution < 1.29 is 32.2 Å². The summed E-state index contributed by atoms with van der Waals surface area (Å²) in [5.41, 5.74) is 0.484. The van der Waals surface area contributed by atoms with Crippen LogP contribution < -0.4 is 14.8 Å². The van der Waals surface area contributed by atoms with Gasteiger partial charge in [0.2, 0.25) is 10.0 Å². The minimum Gasteiger partial charge on any atom is -0.492 e. The second-order valence-electron chi connectivity index (χ2n) is 6.53. The van der Waals surface area contributed by atoms with E-state index in [0.717, 1.165) is 0 Å². The Morgan fingerprint density at radius 3 is 2.34 bits per heavy atom. The normalized spacial score (nSPS) is 11.2. The van der Waals surface area contributed by atoms with E-state index >= 15 is 0 Å². The van der Waals surface area contributed by atoms with Crippen LogP contribution in [0.3, 0.4) is 0 Å². The minimum atomic E-state index is -3.72. The van der Waals surface area contributed by atoms with Gasteiger partial charge >= 0.3 is 5.97 Å². The third kappa shape index (κ3) is 6.21. The number of nitrogens with one attached hydrogen (secondary N) is 1. The summed E-state index contributed by atoms with van der Waals surface area (Å²) < 4.78 is 42.5. The Hall–Kier alpha value is -3.11. The molecule has 1 amide bonds. The Balaban J connectivity index is 2.32. The van der Waals surface area contributed by atoms with Crippen LogP contribution in [0.25, 0.3) is 0 Å². The Bertz CT molecular complexity index is 1050. The molecule has 0 heterocycles. The van der Waals surface area contributed by atoms with Gasteiger partial charge in [0.15, 0.2) is 6.61 Å². The van der Waals surface area contributed by atoms with E-state index in [9.17, 15) is 18.0 Å². The smallest absolute Gasteiger partial charge is 0.343 e. The molecule has 0 aliphatic heterocycles. The zero-order chi connectivity index (χ0) is 23.7. The van der Waals surface area contributed by atoms with Crippen molar-refractivity contribution in [2.45, 2.75) is 25.7 Å². The molecule has 0 aliphatic rings. The number of nitrogens with zero attached hydrogens (tertiary/aromatic N) is 1. The van der Waals surface area contributed by atoms with Crippen LogP contribution in [0.5, 0.6) is 11.5 Å². The van der Waals surface area contributed by atoms with Crippen molar-refractivity contribution in [2.24, 2.45) is 0 Å². The average Bonchev–Trinajstić information content (AvgIpc) is 2.79. The Kier molecular flexibility index (Phi) is 9.03. The van der Waals surface area contributed by atoms with Gasteiger partial charge in [0.05, 0.1) is 24.3 Å². The van der Waals surface area contributed by atoms with Crippen LogP contribution in [0, 0.1) is 0 Å². The molecule has 1 N–H and O–H groups in total. The van der Waals surface area contributed by atoms with Gasteiger partial charge in [-0.25, -0.2) is 13.2 Å². The maximum Gasteiger partial charge on any atom is 0.343 e. The first-order valence-electron chi connectivity index (χ1n) is 10.1. The monoisotopic (exact) mass is 464 g/mol. The van der Waals surface area contributed by atoms with Crippen LogP contribution in [-0.2, 0) is 19.6 Å². The SMILES string of the molecule is CCOc1ccc(S(=O)(=O)N(CC)CC)cc1NC(=O)c1cccc(OCC(=O)OC)c1. The number of rotatable bonds is 11. The summed E-state index contributed by atoms with van der Waals surface area (Å²) in [4.78, 5) is 24.2. The van der Waals surface area contributed by atoms with Gasteiger partial charge in [-0.15, -0.1) is 0 Å². The van der Waals surface area contributed by atoms with Crippen molar-refractivity contribution in [3.05, 3.63) is 48.0 Å². The number of ether oxygens (including phenoxy) is 3. The number of carbonyl (C=O) groups excluding carboxylic acids is 2. The van der Waals surface area contributed by atoms with Crippen LogP contribution in [0.4, 0.5) is 5.69 Å². The highest BCUT2D eigenvalue weighted by molar-refractivity contribution is 7.89. The summed E-state index contributed by atoms with van der Waals surface area (Å²) in [5.74, 6) is -0.386. The van der Waals surface area contributed by atoms with Crippen molar-refractivity contribution >= 4 is 27.6 Å². The molecule has 0 unspecified atom stereocenters. The van der Waals surface area contributed by atoms with Crippen LogP contribution in [-0.4, -0.2) is 58.0 Å². The van der Waals surface area contributed by atoms with Gasteiger partial charge in [-0.2, -0.15) is 4.31 Å². The van der Waals surface area contributed by atoms with E-state index in [4.69, 9.17) is 9.47 Å². The first-order valence-corrected chi connectivity index (χ1v) is 11.6. The molecule has 32 heavy (non-hydrogen) atoms. The molecule has 0 saturated heterocycles. The molecule has 9 nitrogen and oxygen atoms in total. The number of methoxy groups -OCH3 is 1. The number of esters is 1. The molecule has 2 rings (SSSR count). The number of carbonyl (C=O) groups is 2. The zero-order valence-corrected chi connectivity index (χ0v) is 19.4. The molecule has 174 valence electrons. The molecule has 0 aromatic heterocycles. The fourth-order valence-corrected chi connectivity index (χ4v) is 4.37. The molecule has 0 aliphatic carbocycles. The molecule has 10 heteroatoms. The summed E-state index contributed by atoms with van der Waals surface area (Å²) in [6, 6.07) is 10.6. The molecular formula is C22H28N2O7S. The largest absolute Gasteiger partial charge is 0.492 e. The second kappa shape index (κ2) is 11.5. The number of hydrogen-bond donors (Lipinski definition) is 1. The highest BCUT2D eigenvalue weighted by atomic mass is 32.2. The van der Waals surface area contributed by atoms with Crippen molar-refractivity contribution in [3.8, 4) is 11.5 Å². The summed E-state index contributed by atoms with van der Waals surface area (Å²) in [5, 5.41) is 2.71. The Morgan fingerprint density at radius 2 is 1.72 bits per heavy atom. The van der Waals surface area contributed by atoms with Crippen LogP contribution in [0.15, 0.2) is 47.4 Å². The zero-order valence-electron chi connectivity index (χ0n) is 18.6. The van der Waals surface area contributed by atoms with Crippen LogP contribution >= 0.6 is 0 Å². The molecule has 0 spiro atoms. The van der Waals surface area contributed by atoms with E-state index in [2.05, 4.69) is 10.1 Å². The first kappa shape index (κ1) is 25.2. The van der Waals surface area contributed by atoms with Gasteiger partial charge in [0, 0.05) is 18.7 Å². The maximum absolute atomic E-state index is 12.9. The van der Waals surface area contributed by atoms with E-state index in [0.29, 0.717) is 31.2 Å². The summed E-state index contributed by atoms with van der Waals surface area (Å²) in [7, 11) is -2.47. The van der Waals surface area contributed by atoms with Crippen LogP contribution in [0.2, 0.25) is 0 Å². The molecule has 2 aromatic carbocycles. The molecule has 2 aromatic rings. The quantitative estimate of drug-likeness (QED) is 0.509. The molecule has 0 atom stereocenters. The van der Waals surface area contributed by atoms with E-state index in [1.807, 2.05) is 0 Å². The standard InChI is InChI=1S/C22H28N2O7S/c1-5-24(6-2)32(27,28)18-11-12-20(30-7-3)19(14-18)23-22(26)16-9-8-10-17(13-16)31-15-21(25)29-4/h8-14H,5-7,15H2,1-4H3,(H,23,26). The second-order valence-corrected chi connectivity index (χ2v) is 8.47. The van der Waals surface area contributed by atoms with E-state index in [-0.39, 0.29) is 22.8 Å². The van der Waals surface area contributed by atoms with Gasteiger partial charge < -0.3 is 19.5 Å². The molecule has 0 bridgehead atoms. The summed E-state index contributed by atoms with van der Waals surface area (Å²) >= 11 is 0. The Morgan fingerprint density at radius 1 is 1.00 bits per heavy atom. The molecular weight excluding hydrogens is 436 g/mol. The number of amides is 1. The van der Waals surface area contributed by atoms with Gasteiger partial charge in [0.25, 0.3) is 5.91 Å². The van der Waals surface area contributed by atoms with Crippen molar-refractivity contribution in [3.63, 3.8) is 0 Å². The summed E-state index contributed by atoms with van der Waals surface area (Å²) in [6.45, 7) is 6.00. The highest BCUT2D eigenvalue weighted by Crippen LogP contribution is 2.30. The highest BCUT2D eigenvalue weighted by Gasteiger charge is 2.23. The van der Waals surface area contributed by atoms with E-state index in [1.165, 1.54) is 35.7 Å². The predicted molar refractivity (Wildman–Crippen MR) is 120 cm³/mol.